The normalized spacial score (nSPS) is 9.58. The maximum atomic E-state index is 12.9. The van der Waals surface area contributed by atoms with Crippen LogP contribution < -0.4 is 4.74 Å². The van der Waals surface area contributed by atoms with Crippen molar-refractivity contribution in [2.45, 2.75) is 6.92 Å². The number of ketones is 1. The lowest BCUT2D eigenvalue weighted by Crippen LogP contribution is -1.99. The van der Waals surface area contributed by atoms with Crippen LogP contribution >= 0.6 is 0 Å². The number of rotatable bonds is 2. The minimum absolute atomic E-state index is 0.0185. The molecule has 1 aromatic rings. The molecule has 0 aliphatic heterocycles. The van der Waals surface area contributed by atoms with Crippen LogP contribution in [0.3, 0.4) is 0 Å². The zero-order chi connectivity index (χ0) is 9.14. The minimum atomic E-state index is -0.509. The van der Waals surface area contributed by atoms with Gasteiger partial charge in [0.15, 0.2) is 17.3 Å². The molecule has 1 aromatic carbocycles. The Kier molecular flexibility index (Phi) is 2.43. The molecule has 0 N–H and O–H groups in total. The molecular formula is C9H9FO2. The van der Waals surface area contributed by atoms with E-state index in [1.165, 1.54) is 32.2 Å². The number of benzene rings is 1. The van der Waals surface area contributed by atoms with Crippen LogP contribution in [0.4, 0.5) is 4.39 Å². The largest absolute Gasteiger partial charge is 0.493 e. The molecule has 0 aliphatic rings. The first-order valence-electron chi connectivity index (χ1n) is 3.50. The molecule has 3 heteroatoms. The van der Waals surface area contributed by atoms with Gasteiger partial charge in [-0.15, -0.1) is 0 Å². The van der Waals surface area contributed by atoms with Crippen LogP contribution in [-0.4, -0.2) is 12.9 Å². The number of halogens is 1. The Morgan fingerprint density at radius 2 is 2.17 bits per heavy atom. The van der Waals surface area contributed by atoms with Gasteiger partial charge >= 0.3 is 0 Å². The van der Waals surface area contributed by atoms with Gasteiger partial charge in [-0.2, -0.15) is 0 Å². The molecule has 0 fully saturated rings. The quantitative estimate of drug-likeness (QED) is 0.631. The van der Waals surface area contributed by atoms with Gasteiger partial charge < -0.3 is 4.74 Å². The van der Waals surface area contributed by atoms with Crippen molar-refractivity contribution in [2.75, 3.05) is 7.11 Å². The Morgan fingerprint density at radius 1 is 1.50 bits per heavy atom. The van der Waals surface area contributed by atoms with Crippen LogP contribution in [0, 0.1) is 5.82 Å². The highest BCUT2D eigenvalue weighted by atomic mass is 19.1. The Labute approximate surface area is 70.0 Å². The molecule has 0 bridgehead atoms. The smallest absolute Gasteiger partial charge is 0.165 e. The summed E-state index contributed by atoms with van der Waals surface area (Å²) in [5.41, 5.74) is 0.275. The molecule has 0 aliphatic carbocycles. The maximum absolute atomic E-state index is 12.9. The zero-order valence-corrected chi connectivity index (χ0v) is 6.93. The Hall–Kier alpha value is -1.38. The highest BCUT2D eigenvalue weighted by molar-refractivity contribution is 5.96. The third-order valence-electron chi connectivity index (χ3n) is 1.55. The number of hydrogen-bond donors (Lipinski definition) is 0. The van der Waals surface area contributed by atoms with E-state index in [0.717, 1.165) is 0 Å². The van der Waals surface area contributed by atoms with E-state index in [0.29, 0.717) is 0 Å². The van der Waals surface area contributed by atoms with Crippen molar-refractivity contribution >= 4 is 5.78 Å². The summed E-state index contributed by atoms with van der Waals surface area (Å²) in [4.78, 5) is 10.9. The molecule has 64 valence electrons. The fourth-order valence-corrected chi connectivity index (χ4v) is 0.994. The van der Waals surface area contributed by atoms with Gasteiger partial charge in [-0.25, -0.2) is 4.39 Å². The molecule has 0 aromatic heterocycles. The van der Waals surface area contributed by atoms with E-state index in [4.69, 9.17) is 4.74 Å². The third kappa shape index (κ3) is 1.44. The number of carbonyl (C=O) groups is 1. The van der Waals surface area contributed by atoms with E-state index in [1.54, 1.807) is 0 Å². The van der Waals surface area contributed by atoms with E-state index in [9.17, 15) is 9.18 Å². The summed E-state index contributed by atoms with van der Waals surface area (Å²) in [5, 5.41) is 0. The monoisotopic (exact) mass is 168 g/mol. The highest BCUT2D eigenvalue weighted by Crippen LogP contribution is 2.22. The van der Waals surface area contributed by atoms with Gasteiger partial charge in [-0.1, -0.05) is 6.07 Å². The predicted molar refractivity (Wildman–Crippen MR) is 43.0 cm³/mol. The van der Waals surface area contributed by atoms with Gasteiger partial charge in [0, 0.05) is 0 Å². The van der Waals surface area contributed by atoms with Crippen LogP contribution in [-0.2, 0) is 0 Å². The maximum Gasteiger partial charge on any atom is 0.165 e. The molecule has 0 heterocycles. The van der Waals surface area contributed by atoms with Crippen molar-refractivity contribution in [3.05, 3.63) is 29.6 Å². The van der Waals surface area contributed by atoms with E-state index >= 15 is 0 Å². The van der Waals surface area contributed by atoms with Crippen LogP contribution in [0.2, 0.25) is 0 Å². The highest BCUT2D eigenvalue weighted by Gasteiger charge is 2.11. The molecule has 2 nitrogen and oxygen atoms in total. The number of para-hydroxylation sites is 1. The molecule has 12 heavy (non-hydrogen) atoms. The number of methoxy groups -OCH3 is 1. The second-order valence-electron chi connectivity index (χ2n) is 2.38. The molecule has 0 saturated heterocycles. The molecule has 0 saturated carbocycles. The van der Waals surface area contributed by atoms with Crippen LogP contribution in [0.5, 0.6) is 5.75 Å². The summed E-state index contributed by atoms with van der Waals surface area (Å²) in [5.74, 6) is -0.693. The third-order valence-corrected chi connectivity index (χ3v) is 1.55. The fraction of sp³-hybridized carbons (Fsp3) is 0.222. The minimum Gasteiger partial charge on any atom is -0.493 e. The molecule has 0 amide bonds. The first-order chi connectivity index (χ1) is 5.66. The average Bonchev–Trinajstić information content (AvgIpc) is 2.03. The predicted octanol–water partition coefficient (Wildman–Crippen LogP) is 2.04. The van der Waals surface area contributed by atoms with Crippen molar-refractivity contribution in [2.24, 2.45) is 0 Å². The molecule has 0 atom stereocenters. The van der Waals surface area contributed by atoms with E-state index in [1.807, 2.05) is 0 Å². The van der Waals surface area contributed by atoms with Gasteiger partial charge in [0.1, 0.15) is 0 Å². The van der Waals surface area contributed by atoms with Gasteiger partial charge in [0.2, 0.25) is 0 Å². The van der Waals surface area contributed by atoms with Gasteiger partial charge in [-0.05, 0) is 19.1 Å². The van der Waals surface area contributed by atoms with Crippen molar-refractivity contribution in [1.29, 1.82) is 0 Å². The Morgan fingerprint density at radius 3 is 2.58 bits per heavy atom. The first kappa shape index (κ1) is 8.71. The summed E-state index contributed by atoms with van der Waals surface area (Å²) in [6.07, 6.45) is 0. The number of hydrogen-bond acceptors (Lipinski definition) is 2. The zero-order valence-electron chi connectivity index (χ0n) is 6.93. The summed E-state index contributed by atoms with van der Waals surface area (Å²) in [6.45, 7) is 1.37. The van der Waals surface area contributed by atoms with Crippen LogP contribution in [0.1, 0.15) is 17.3 Å². The molecular weight excluding hydrogens is 159 g/mol. The Balaban J connectivity index is 3.27. The summed E-state index contributed by atoms with van der Waals surface area (Å²) >= 11 is 0. The van der Waals surface area contributed by atoms with Crippen molar-refractivity contribution < 1.29 is 13.9 Å². The topological polar surface area (TPSA) is 26.3 Å². The second-order valence-corrected chi connectivity index (χ2v) is 2.38. The molecule has 0 spiro atoms. The van der Waals surface area contributed by atoms with Gasteiger partial charge in [0.25, 0.3) is 0 Å². The Bertz CT molecular complexity index is 307. The lowest BCUT2D eigenvalue weighted by molar-refractivity contribution is 0.101. The van der Waals surface area contributed by atoms with E-state index in [2.05, 4.69) is 0 Å². The van der Waals surface area contributed by atoms with Gasteiger partial charge in [0.05, 0.1) is 12.7 Å². The lowest BCUT2D eigenvalue weighted by Gasteiger charge is -2.05. The standard InChI is InChI=1S/C9H9FO2/c1-6(11)7-4-3-5-8(10)9(7)12-2/h3-5H,1-2H3. The second kappa shape index (κ2) is 3.34. The molecule has 1 rings (SSSR count). The number of ether oxygens (including phenoxy) is 1. The van der Waals surface area contributed by atoms with Gasteiger partial charge in [-0.3, -0.25) is 4.79 Å². The summed E-state index contributed by atoms with van der Waals surface area (Å²) < 4.78 is 17.7. The van der Waals surface area contributed by atoms with Crippen LogP contribution in [0.15, 0.2) is 18.2 Å². The van der Waals surface area contributed by atoms with E-state index < -0.39 is 5.82 Å². The lowest BCUT2D eigenvalue weighted by atomic mass is 10.1. The van der Waals surface area contributed by atoms with Crippen molar-refractivity contribution in [3.63, 3.8) is 0 Å². The SMILES string of the molecule is COc1c(F)cccc1C(C)=O. The summed E-state index contributed by atoms with van der Waals surface area (Å²) in [7, 11) is 1.34. The van der Waals surface area contributed by atoms with Crippen molar-refractivity contribution in [1.82, 2.24) is 0 Å². The van der Waals surface area contributed by atoms with Crippen molar-refractivity contribution in [3.8, 4) is 5.75 Å². The number of Topliss-reactive ketones (excluding diaryl/α,β-unsaturated/α-hetero) is 1. The average molecular weight is 168 g/mol. The molecule has 0 unspecified atom stereocenters. The van der Waals surface area contributed by atoms with E-state index in [-0.39, 0.29) is 17.1 Å². The molecule has 0 radical (unpaired) electrons. The number of carbonyl (C=O) groups excluding carboxylic acids is 1. The first-order valence-corrected chi connectivity index (χ1v) is 3.50. The van der Waals surface area contributed by atoms with Crippen LogP contribution in [0.25, 0.3) is 0 Å². The summed E-state index contributed by atoms with van der Waals surface area (Å²) in [6, 6.07) is 4.27. The fourth-order valence-electron chi connectivity index (χ4n) is 0.994.